The maximum Gasteiger partial charge on any atom is 0.341 e. The molecule has 0 radical (unpaired) electrons. The van der Waals surface area contributed by atoms with E-state index in [1.54, 1.807) is 46.5 Å². The highest BCUT2D eigenvalue weighted by molar-refractivity contribution is 8.23. The molecule has 0 spiro atoms. The number of nitrogens with zero attached hydrogens (tertiary/aromatic N) is 4. The lowest BCUT2D eigenvalue weighted by Gasteiger charge is -2.15. The highest BCUT2D eigenvalue weighted by Gasteiger charge is 2.24. The fraction of sp³-hybridized carbons (Fsp3) is 0.312. The molecule has 1 aliphatic rings. The van der Waals surface area contributed by atoms with Gasteiger partial charge in [-0.15, -0.1) is 28.6 Å². The molecule has 2 heterocycles. The van der Waals surface area contributed by atoms with Crippen LogP contribution in [0.4, 0.5) is 5.69 Å². The SMILES string of the molecule is COC(=O)C(=C1SCCCS1)c1cn(Cc2ccc([N+](=O)[O-])cc2)nn1. The molecule has 3 rings (SSSR count). The minimum atomic E-state index is -0.439. The Morgan fingerprint density at radius 1 is 1.31 bits per heavy atom. The van der Waals surface area contributed by atoms with E-state index in [1.165, 1.54) is 19.2 Å². The minimum absolute atomic E-state index is 0.0390. The Balaban J connectivity index is 1.82. The zero-order valence-electron chi connectivity index (χ0n) is 14.0. The van der Waals surface area contributed by atoms with Crippen LogP contribution in [0.25, 0.3) is 5.57 Å². The Morgan fingerprint density at radius 3 is 2.62 bits per heavy atom. The van der Waals surface area contributed by atoms with E-state index in [0.717, 1.165) is 27.7 Å². The largest absolute Gasteiger partial charge is 0.465 e. The molecule has 0 amide bonds. The van der Waals surface area contributed by atoms with Crippen molar-refractivity contribution in [2.75, 3.05) is 18.6 Å². The van der Waals surface area contributed by atoms with Gasteiger partial charge in [0.2, 0.25) is 0 Å². The zero-order chi connectivity index (χ0) is 18.5. The summed E-state index contributed by atoms with van der Waals surface area (Å²) in [7, 11) is 1.35. The van der Waals surface area contributed by atoms with Crippen LogP contribution < -0.4 is 0 Å². The number of esters is 1. The number of ether oxygens (including phenoxy) is 1. The summed E-state index contributed by atoms with van der Waals surface area (Å²) in [5, 5.41) is 18.9. The van der Waals surface area contributed by atoms with Crippen LogP contribution in [0.2, 0.25) is 0 Å². The molecule has 1 fully saturated rings. The Morgan fingerprint density at radius 2 is 2.00 bits per heavy atom. The van der Waals surface area contributed by atoms with Crippen molar-refractivity contribution in [2.24, 2.45) is 0 Å². The molecule has 0 unspecified atom stereocenters. The van der Waals surface area contributed by atoms with Crippen LogP contribution >= 0.6 is 23.5 Å². The molecule has 0 saturated carbocycles. The topological polar surface area (TPSA) is 100 Å². The Bertz CT molecular complexity index is 840. The Labute approximate surface area is 158 Å². The highest BCUT2D eigenvalue weighted by Crippen LogP contribution is 2.40. The summed E-state index contributed by atoms with van der Waals surface area (Å²) < 4.78 is 7.42. The van der Waals surface area contributed by atoms with Crippen LogP contribution in [0.1, 0.15) is 17.7 Å². The van der Waals surface area contributed by atoms with Gasteiger partial charge in [-0.05, 0) is 23.5 Å². The molecular weight excluding hydrogens is 376 g/mol. The van der Waals surface area contributed by atoms with E-state index >= 15 is 0 Å². The summed E-state index contributed by atoms with van der Waals surface area (Å²) in [6.07, 6.45) is 2.79. The fourth-order valence-electron chi connectivity index (χ4n) is 2.37. The summed E-state index contributed by atoms with van der Waals surface area (Å²) in [4.78, 5) is 22.5. The fourth-order valence-corrected chi connectivity index (χ4v) is 5.00. The van der Waals surface area contributed by atoms with Crippen molar-refractivity contribution in [3.63, 3.8) is 0 Å². The smallest absolute Gasteiger partial charge is 0.341 e. The summed E-state index contributed by atoms with van der Waals surface area (Å²) in [6.45, 7) is 0.398. The molecule has 0 atom stereocenters. The molecular formula is C16H16N4O4S2. The van der Waals surface area contributed by atoms with Crippen molar-refractivity contribution in [3.8, 4) is 0 Å². The number of carbonyl (C=O) groups excluding carboxylic acids is 1. The number of carbonyl (C=O) groups is 1. The number of hydrogen-bond donors (Lipinski definition) is 0. The molecule has 8 nitrogen and oxygen atoms in total. The van der Waals surface area contributed by atoms with Gasteiger partial charge in [0.15, 0.2) is 0 Å². The molecule has 2 aromatic rings. The number of non-ortho nitro benzene ring substituents is 1. The van der Waals surface area contributed by atoms with Gasteiger partial charge in [-0.25, -0.2) is 9.48 Å². The van der Waals surface area contributed by atoms with Crippen LogP contribution in [-0.2, 0) is 16.1 Å². The summed E-state index contributed by atoms with van der Waals surface area (Å²) in [6, 6.07) is 6.24. The third-order valence-corrected chi connectivity index (χ3v) is 6.26. The molecule has 1 saturated heterocycles. The molecule has 136 valence electrons. The van der Waals surface area contributed by atoms with E-state index in [4.69, 9.17) is 4.74 Å². The quantitative estimate of drug-likeness (QED) is 0.331. The third-order valence-electron chi connectivity index (χ3n) is 3.64. The van der Waals surface area contributed by atoms with Crippen LogP contribution in [0.5, 0.6) is 0 Å². The number of rotatable bonds is 5. The van der Waals surface area contributed by atoms with Gasteiger partial charge in [-0.2, -0.15) is 0 Å². The second-order valence-electron chi connectivity index (χ2n) is 5.43. The maximum absolute atomic E-state index is 12.2. The average Bonchev–Trinajstić information content (AvgIpc) is 3.11. The average molecular weight is 392 g/mol. The molecule has 1 aromatic carbocycles. The number of nitro benzene ring substituents is 1. The molecule has 26 heavy (non-hydrogen) atoms. The second-order valence-corrected chi connectivity index (χ2v) is 7.90. The van der Waals surface area contributed by atoms with E-state index in [-0.39, 0.29) is 5.69 Å². The number of methoxy groups -OCH3 is 1. The van der Waals surface area contributed by atoms with Gasteiger partial charge in [0, 0.05) is 12.1 Å². The first-order valence-electron chi connectivity index (χ1n) is 7.80. The number of aromatic nitrogens is 3. The lowest BCUT2D eigenvalue weighted by Crippen LogP contribution is -2.08. The van der Waals surface area contributed by atoms with Gasteiger partial charge in [0.05, 0.1) is 29.0 Å². The van der Waals surface area contributed by atoms with Crippen LogP contribution in [0.15, 0.2) is 34.7 Å². The first kappa shape index (κ1) is 18.5. The second kappa shape index (κ2) is 8.37. The van der Waals surface area contributed by atoms with E-state index in [0.29, 0.717) is 17.8 Å². The molecule has 1 aliphatic heterocycles. The van der Waals surface area contributed by atoms with Crippen molar-refractivity contribution in [3.05, 3.63) is 56.1 Å². The molecule has 0 bridgehead atoms. The minimum Gasteiger partial charge on any atom is -0.465 e. The lowest BCUT2D eigenvalue weighted by atomic mass is 10.2. The van der Waals surface area contributed by atoms with E-state index in [9.17, 15) is 14.9 Å². The standard InChI is InChI=1S/C16H16N4O4S2/c1-24-15(21)14(16-25-7-2-8-26-16)13-10-19(18-17-13)9-11-3-5-12(6-4-11)20(22)23/h3-6,10H,2,7-9H2,1H3. The van der Waals surface area contributed by atoms with E-state index in [1.807, 2.05) is 0 Å². The van der Waals surface area contributed by atoms with Gasteiger partial charge in [0.25, 0.3) is 5.69 Å². The molecule has 0 N–H and O–H groups in total. The lowest BCUT2D eigenvalue weighted by molar-refractivity contribution is -0.384. The first-order chi connectivity index (χ1) is 12.6. The Hall–Kier alpha value is -2.33. The third kappa shape index (κ3) is 4.25. The molecule has 0 aliphatic carbocycles. The van der Waals surface area contributed by atoms with E-state index < -0.39 is 10.9 Å². The number of nitro groups is 1. The summed E-state index contributed by atoms with van der Waals surface area (Å²) in [5.41, 5.74) is 1.80. The molecule has 1 aromatic heterocycles. The van der Waals surface area contributed by atoms with Crippen molar-refractivity contribution in [1.82, 2.24) is 15.0 Å². The van der Waals surface area contributed by atoms with Crippen molar-refractivity contribution >= 4 is 40.8 Å². The van der Waals surface area contributed by atoms with Gasteiger partial charge < -0.3 is 4.74 Å². The predicted octanol–water partition coefficient (Wildman–Crippen LogP) is 2.95. The summed E-state index contributed by atoms with van der Waals surface area (Å²) >= 11 is 3.26. The van der Waals surface area contributed by atoms with Crippen molar-refractivity contribution in [2.45, 2.75) is 13.0 Å². The predicted molar refractivity (Wildman–Crippen MR) is 101 cm³/mol. The van der Waals surface area contributed by atoms with E-state index in [2.05, 4.69) is 10.3 Å². The highest BCUT2D eigenvalue weighted by atomic mass is 32.2. The number of hydrogen-bond acceptors (Lipinski definition) is 8. The van der Waals surface area contributed by atoms with Crippen LogP contribution in [0.3, 0.4) is 0 Å². The van der Waals surface area contributed by atoms with Gasteiger partial charge >= 0.3 is 5.97 Å². The van der Waals surface area contributed by atoms with Crippen LogP contribution in [-0.4, -0.2) is 44.5 Å². The van der Waals surface area contributed by atoms with Crippen molar-refractivity contribution < 1.29 is 14.5 Å². The maximum atomic E-state index is 12.2. The first-order valence-corrected chi connectivity index (χ1v) is 9.77. The number of thioether (sulfide) groups is 2. The monoisotopic (exact) mass is 392 g/mol. The zero-order valence-corrected chi connectivity index (χ0v) is 15.6. The van der Waals surface area contributed by atoms with Crippen LogP contribution in [0, 0.1) is 10.1 Å². The normalized spacial score (nSPS) is 14.1. The van der Waals surface area contributed by atoms with Gasteiger partial charge in [0.1, 0.15) is 11.3 Å². The van der Waals surface area contributed by atoms with Gasteiger partial charge in [-0.1, -0.05) is 17.3 Å². The van der Waals surface area contributed by atoms with Gasteiger partial charge in [-0.3, -0.25) is 10.1 Å². The van der Waals surface area contributed by atoms with Crippen molar-refractivity contribution in [1.29, 1.82) is 0 Å². The molecule has 10 heteroatoms. The Kier molecular flexibility index (Phi) is 5.94. The number of benzene rings is 1. The summed E-state index contributed by atoms with van der Waals surface area (Å²) in [5.74, 6) is 1.49.